The largest absolute Gasteiger partial charge is 0.454 e. The fourth-order valence-corrected chi connectivity index (χ4v) is 4.06. The first-order chi connectivity index (χ1) is 13.9. The van der Waals surface area contributed by atoms with Crippen LogP contribution in [0.1, 0.15) is 45.6 Å². The number of nitrogens with one attached hydrogen (secondary N) is 1. The number of carbonyl (C=O) groups is 1. The van der Waals surface area contributed by atoms with Crippen LogP contribution in [0.4, 0.5) is 18.9 Å². The lowest BCUT2D eigenvalue weighted by atomic mass is 9.93. The van der Waals surface area contributed by atoms with Crippen molar-refractivity contribution in [2.24, 2.45) is 0 Å². The Kier molecular flexibility index (Phi) is 5.25. The summed E-state index contributed by atoms with van der Waals surface area (Å²) >= 11 is 0. The average Bonchev–Trinajstić information content (AvgIpc) is 3.03. The number of anilines is 1. The van der Waals surface area contributed by atoms with E-state index in [9.17, 15) is 18.0 Å². The number of nitrogens with zero attached hydrogens (tertiary/aromatic N) is 1. The van der Waals surface area contributed by atoms with Gasteiger partial charge in [-0.05, 0) is 41.8 Å². The topological polar surface area (TPSA) is 41.6 Å². The molecule has 0 amide bonds. The van der Waals surface area contributed by atoms with E-state index >= 15 is 0 Å². The van der Waals surface area contributed by atoms with Crippen molar-refractivity contribution >= 4 is 11.7 Å². The molecule has 0 bridgehead atoms. The van der Waals surface area contributed by atoms with Crippen molar-refractivity contribution in [3.05, 3.63) is 64.2 Å². The Morgan fingerprint density at radius 2 is 1.86 bits per heavy atom. The zero-order chi connectivity index (χ0) is 20.6. The molecule has 1 fully saturated rings. The average molecular weight is 404 g/mol. The van der Waals surface area contributed by atoms with Gasteiger partial charge >= 0.3 is 12.1 Å². The standard InChI is InChI=1S/C22H23F3N2O2/c1-2-14-11-16(22(23,24)25)4-3-15(14)12-20-18-6-5-17(13-19(18)21(28)29-20)27-9-7-26-8-10-27/h3-6,11,13,20,26H,2,7-10,12H2,1H3. The fraction of sp³-hybridized carbons (Fsp3) is 0.409. The van der Waals surface area contributed by atoms with E-state index in [0.717, 1.165) is 49.1 Å². The summed E-state index contributed by atoms with van der Waals surface area (Å²) in [5.74, 6) is -0.369. The van der Waals surface area contributed by atoms with Gasteiger partial charge in [0.25, 0.3) is 0 Å². The normalized spacial score (nSPS) is 19.2. The number of benzene rings is 2. The number of hydrogen-bond acceptors (Lipinski definition) is 4. The van der Waals surface area contributed by atoms with Gasteiger partial charge in [0.1, 0.15) is 6.10 Å². The van der Waals surface area contributed by atoms with Crippen LogP contribution in [0.2, 0.25) is 0 Å². The van der Waals surface area contributed by atoms with Crippen LogP contribution in [0.3, 0.4) is 0 Å². The van der Waals surface area contributed by atoms with E-state index in [1.165, 1.54) is 12.1 Å². The smallest absolute Gasteiger partial charge is 0.416 e. The molecule has 0 saturated carbocycles. The molecule has 1 saturated heterocycles. The summed E-state index contributed by atoms with van der Waals surface area (Å²) in [6.07, 6.45) is -3.99. The van der Waals surface area contributed by atoms with Crippen molar-refractivity contribution in [3.63, 3.8) is 0 Å². The Hall–Kier alpha value is -2.54. The van der Waals surface area contributed by atoms with Gasteiger partial charge < -0.3 is 15.0 Å². The quantitative estimate of drug-likeness (QED) is 0.778. The number of carbonyl (C=O) groups excluding carboxylic acids is 1. The van der Waals surface area contributed by atoms with Crippen LogP contribution in [0.25, 0.3) is 0 Å². The minimum atomic E-state index is -4.37. The highest BCUT2D eigenvalue weighted by Crippen LogP contribution is 2.37. The molecule has 2 aliphatic rings. The maximum absolute atomic E-state index is 13.0. The summed E-state index contributed by atoms with van der Waals surface area (Å²) in [5, 5.41) is 3.30. The number of piperazine rings is 1. The molecule has 0 spiro atoms. The fourth-order valence-electron chi connectivity index (χ4n) is 4.06. The third kappa shape index (κ3) is 3.96. The van der Waals surface area contributed by atoms with Crippen molar-refractivity contribution in [1.82, 2.24) is 5.32 Å². The van der Waals surface area contributed by atoms with E-state index in [2.05, 4.69) is 10.2 Å². The van der Waals surface area contributed by atoms with Crippen molar-refractivity contribution in [1.29, 1.82) is 0 Å². The number of fused-ring (bicyclic) bond motifs is 1. The van der Waals surface area contributed by atoms with Gasteiger partial charge in [0.15, 0.2) is 0 Å². The first-order valence-electron chi connectivity index (χ1n) is 9.86. The van der Waals surface area contributed by atoms with Gasteiger partial charge in [-0.15, -0.1) is 0 Å². The second-order valence-corrected chi connectivity index (χ2v) is 7.44. The summed E-state index contributed by atoms with van der Waals surface area (Å²) < 4.78 is 44.6. The summed E-state index contributed by atoms with van der Waals surface area (Å²) in [4.78, 5) is 14.7. The van der Waals surface area contributed by atoms with Crippen LogP contribution in [0.15, 0.2) is 36.4 Å². The number of alkyl halides is 3. The van der Waals surface area contributed by atoms with Crippen LogP contribution in [-0.4, -0.2) is 32.1 Å². The van der Waals surface area contributed by atoms with Crippen molar-refractivity contribution in [2.75, 3.05) is 31.1 Å². The van der Waals surface area contributed by atoms with Crippen molar-refractivity contribution in [2.45, 2.75) is 32.0 Å². The number of cyclic esters (lactones) is 1. The summed E-state index contributed by atoms with van der Waals surface area (Å²) in [7, 11) is 0. The van der Waals surface area contributed by atoms with Gasteiger partial charge in [-0.25, -0.2) is 4.79 Å². The molecule has 2 aliphatic heterocycles. The van der Waals surface area contributed by atoms with Crippen LogP contribution >= 0.6 is 0 Å². The number of halogens is 3. The lowest BCUT2D eigenvalue weighted by molar-refractivity contribution is -0.137. The second-order valence-electron chi connectivity index (χ2n) is 7.44. The molecule has 1 atom stereocenters. The molecule has 4 nitrogen and oxygen atoms in total. The number of aryl methyl sites for hydroxylation is 1. The molecule has 0 radical (unpaired) electrons. The lowest BCUT2D eigenvalue weighted by Gasteiger charge is -2.29. The van der Waals surface area contributed by atoms with Gasteiger partial charge in [-0.3, -0.25) is 0 Å². The van der Waals surface area contributed by atoms with E-state index in [4.69, 9.17) is 4.74 Å². The molecule has 1 unspecified atom stereocenters. The predicted molar refractivity (Wildman–Crippen MR) is 104 cm³/mol. The monoisotopic (exact) mass is 404 g/mol. The molecule has 29 heavy (non-hydrogen) atoms. The highest BCUT2D eigenvalue weighted by molar-refractivity contribution is 5.95. The van der Waals surface area contributed by atoms with Gasteiger partial charge in [-0.2, -0.15) is 13.2 Å². The van der Waals surface area contributed by atoms with E-state index in [1.807, 2.05) is 25.1 Å². The number of rotatable bonds is 4. The Morgan fingerprint density at radius 3 is 2.55 bits per heavy atom. The zero-order valence-electron chi connectivity index (χ0n) is 16.2. The SMILES string of the molecule is CCc1cc(C(F)(F)F)ccc1CC1OC(=O)c2cc(N3CCNCC3)ccc21. The summed E-state index contributed by atoms with van der Waals surface area (Å²) in [5.41, 5.74) is 3.10. The molecule has 0 aliphatic carbocycles. The first-order valence-corrected chi connectivity index (χ1v) is 9.86. The van der Waals surface area contributed by atoms with Crippen LogP contribution < -0.4 is 10.2 Å². The number of ether oxygens (including phenoxy) is 1. The van der Waals surface area contributed by atoms with Gasteiger partial charge in [0.2, 0.25) is 0 Å². The maximum Gasteiger partial charge on any atom is 0.416 e. The molecule has 2 aromatic rings. The van der Waals surface area contributed by atoms with Crippen molar-refractivity contribution < 1.29 is 22.7 Å². The minimum Gasteiger partial charge on any atom is -0.454 e. The Bertz CT molecular complexity index is 921. The highest BCUT2D eigenvalue weighted by atomic mass is 19.4. The van der Waals surface area contributed by atoms with E-state index < -0.39 is 17.8 Å². The third-order valence-corrected chi connectivity index (χ3v) is 5.65. The first kappa shape index (κ1) is 19.8. The summed E-state index contributed by atoms with van der Waals surface area (Å²) in [6.45, 7) is 5.38. The van der Waals surface area contributed by atoms with E-state index in [-0.39, 0.29) is 5.97 Å². The molecule has 0 aromatic heterocycles. The predicted octanol–water partition coefficient (Wildman–Crippen LogP) is 4.13. The van der Waals surface area contributed by atoms with Crippen LogP contribution in [0, 0.1) is 0 Å². The Balaban J connectivity index is 1.58. The minimum absolute atomic E-state index is 0.368. The van der Waals surface area contributed by atoms with Gasteiger partial charge in [-0.1, -0.05) is 19.1 Å². The molecular weight excluding hydrogens is 381 g/mol. The van der Waals surface area contributed by atoms with Crippen LogP contribution in [-0.2, 0) is 23.8 Å². The Labute approximate surface area is 167 Å². The molecule has 4 rings (SSSR count). The molecule has 2 heterocycles. The number of esters is 1. The molecular formula is C22H23F3N2O2. The third-order valence-electron chi connectivity index (χ3n) is 5.65. The van der Waals surface area contributed by atoms with Crippen molar-refractivity contribution in [3.8, 4) is 0 Å². The van der Waals surface area contributed by atoms with Crippen LogP contribution in [0.5, 0.6) is 0 Å². The van der Waals surface area contributed by atoms with Gasteiger partial charge in [0, 0.05) is 43.9 Å². The van der Waals surface area contributed by atoms with E-state index in [1.54, 1.807) is 0 Å². The zero-order valence-corrected chi connectivity index (χ0v) is 16.2. The lowest BCUT2D eigenvalue weighted by Crippen LogP contribution is -2.43. The Morgan fingerprint density at radius 1 is 1.10 bits per heavy atom. The molecule has 2 aromatic carbocycles. The molecule has 154 valence electrons. The summed E-state index contributed by atoms with van der Waals surface area (Å²) in [6, 6.07) is 9.57. The molecule has 1 N–H and O–H groups in total. The van der Waals surface area contributed by atoms with Gasteiger partial charge in [0.05, 0.1) is 11.1 Å². The maximum atomic E-state index is 13.0. The second kappa shape index (κ2) is 7.71. The van der Waals surface area contributed by atoms with E-state index in [0.29, 0.717) is 24.0 Å². The number of hydrogen-bond donors (Lipinski definition) is 1. The highest BCUT2D eigenvalue weighted by Gasteiger charge is 2.34. The molecule has 7 heteroatoms.